The van der Waals surface area contributed by atoms with E-state index in [-0.39, 0.29) is 5.91 Å². The topological polar surface area (TPSA) is 101 Å². The van der Waals surface area contributed by atoms with E-state index in [4.69, 9.17) is 4.98 Å². The first-order chi connectivity index (χ1) is 14.1. The second-order valence-corrected chi connectivity index (χ2v) is 7.00. The summed E-state index contributed by atoms with van der Waals surface area (Å²) in [5, 5.41) is 10.5. The van der Waals surface area contributed by atoms with Crippen molar-refractivity contribution in [3.63, 3.8) is 0 Å². The molecule has 0 spiro atoms. The van der Waals surface area contributed by atoms with Crippen LogP contribution in [0.25, 0.3) is 11.0 Å². The number of carbonyl (C=O) groups excluding carboxylic acids is 1. The molecule has 5 rings (SSSR count). The quantitative estimate of drug-likeness (QED) is 0.502. The molecule has 3 N–H and O–H groups in total. The van der Waals surface area contributed by atoms with Gasteiger partial charge in [0.1, 0.15) is 18.2 Å². The van der Waals surface area contributed by atoms with Crippen LogP contribution in [0, 0.1) is 6.92 Å². The number of para-hydroxylation sites is 3. The lowest BCUT2D eigenvalue weighted by Crippen LogP contribution is -2.32. The van der Waals surface area contributed by atoms with Crippen LogP contribution in [0.5, 0.6) is 0 Å². The molecule has 0 aliphatic carbocycles. The lowest BCUT2D eigenvalue weighted by molar-refractivity contribution is -0.113. The summed E-state index contributed by atoms with van der Waals surface area (Å²) in [6.07, 6.45) is 1.47. The predicted molar refractivity (Wildman–Crippen MR) is 110 cm³/mol. The second kappa shape index (κ2) is 6.59. The number of anilines is 2. The summed E-state index contributed by atoms with van der Waals surface area (Å²) in [6, 6.07) is 14.9. The first-order valence-electron chi connectivity index (χ1n) is 9.31. The fourth-order valence-corrected chi connectivity index (χ4v) is 3.64. The van der Waals surface area contributed by atoms with E-state index in [0.29, 0.717) is 23.0 Å². The van der Waals surface area contributed by atoms with E-state index in [9.17, 15) is 4.79 Å². The fourth-order valence-electron chi connectivity index (χ4n) is 3.64. The van der Waals surface area contributed by atoms with E-state index in [1.54, 1.807) is 4.68 Å². The number of aromatic nitrogens is 5. The lowest BCUT2D eigenvalue weighted by atomic mass is 10.0. The maximum Gasteiger partial charge on any atom is 0.256 e. The molecular weight excluding hydrogens is 366 g/mol. The minimum atomic E-state index is -0.523. The number of hydrogen-bond donors (Lipinski definition) is 3. The largest absolute Gasteiger partial charge is 0.340 e. The third-order valence-electron chi connectivity index (χ3n) is 5.10. The van der Waals surface area contributed by atoms with Crippen LogP contribution in [0.3, 0.4) is 0 Å². The van der Waals surface area contributed by atoms with Gasteiger partial charge >= 0.3 is 0 Å². The van der Waals surface area contributed by atoms with Gasteiger partial charge in [-0.2, -0.15) is 10.1 Å². The number of hydrogen-bond acceptors (Lipinski definition) is 5. The lowest BCUT2D eigenvalue weighted by Gasteiger charge is -2.27. The Kier molecular flexibility index (Phi) is 3.90. The molecule has 0 saturated carbocycles. The molecule has 29 heavy (non-hydrogen) atoms. The van der Waals surface area contributed by atoms with Gasteiger partial charge < -0.3 is 15.6 Å². The molecule has 4 aromatic rings. The number of H-pyrrole nitrogens is 1. The number of amides is 1. The maximum atomic E-state index is 13.3. The second-order valence-electron chi connectivity index (χ2n) is 7.00. The SMILES string of the molecule is CC1=C(C(=O)Nc2ccccc2C)[C@@H](c2nc3ccccc3[nH]2)n2ncnc2N1. The molecule has 1 aliphatic rings. The molecule has 1 aliphatic heterocycles. The molecule has 0 fully saturated rings. The average molecular weight is 385 g/mol. The molecule has 0 saturated heterocycles. The van der Waals surface area contributed by atoms with Gasteiger partial charge in [0.15, 0.2) is 0 Å². The maximum absolute atomic E-state index is 13.3. The summed E-state index contributed by atoms with van der Waals surface area (Å²) in [5.41, 5.74) is 4.74. The van der Waals surface area contributed by atoms with E-state index in [0.717, 1.165) is 22.3 Å². The van der Waals surface area contributed by atoms with E-state index < -0.39 is 6.04 Å². The molecule has 144 valence electrons. The van der Waals surface area contributed by atoms with Crippen LogP contribution in [-0.2, 0) is 4.79 Å². The number of rotatable bonds is 3. The third-order valence-corrected chi connectivity index (χ3v) is 5.10. The van der Waals surface area contributed by atoms with Crippen LogP contribution < -0.4 is 10.6 Å². The highest BCUT2D eigenvalue weighted by Crippen LogP contribution is 2.34. The molecule has 3 heterocycles. The zero-order valence-corrected chi connectivity index (χ0v) is 16.0. The van der Waals surface area contributed by atoms with Crippen LogP contribution in [0.4, 0.5) is 11.6 Å². The molecule has 1 amide bonds. The number of imidazole rings is 1. The number of allylic oxidation sites excluding steroid dienone is 1. The minimum Gasteiger partial charge on any atom is -0.340 e. The summed E-state index contributed by atoms with van der Waals surface area (Å²) >= 11 is 0. The smallest absolute Gasteiger partial charge is 0.256 e. The number of benzene rings is 2. The number of nitrogens with zero attached hydrogens (tertiary/aromatic N) is 4. The molecule has 0 unspecified atom stereocenters. The van der Waals surface area contributed by atoms with Crippen molar-refractivity contribution in [2.75, 3.05) is 10.6 Å². The van der Waals surface area contributed by atoms with Gasteiger partial charge in [-0.05, 0) is 37.6 Å². The molecule has 2 aromatic carbocycles. The van der Waals surface area contributed by atoms with Crippen LogP contribution in [0.2, 0.25) is 0 Å². The molecule has 8 heteroatoms. The minimum absolute atomic E-state index is 0.212. The van der Waals surface area contributed by atoms with E-state index in [1.807, 2.05) is 62.4 Å². The van der Waals surface area contributed by atoms with Crippen molar-refractivity contribution < 1.29 is 4.79 Å². The number of nitrogens with one attached hydrogen (secondary N) is 3. The van der Waals surface area contributed by atoms with Gasteiger partial charge in [-0.15, -0.1) is 0 Å². The molecule has 0 radical (unpaired) electrons. The van der Waals surface area contributed by atoms with Crippen molar-refractivity contribution in [1.82, 2.24) is 24.7 Å². The van der Waals surface area contributed by atoms with Crippen LogP contribution in [-0.4, -0.2) is 30.6 Å². The van der Waals surface area contributed by atoms with Crippen molar-refractivity contribution in [1.29, 1.82) is 0 Å². The van der Waals surface area contributed by atoms with Crippen molar-refractivity contribution >= 4 is 28.6 Å². The van der Waals surface area contributed by atoms with Crippen molar-refractivity contribution in [3.8, 4) is 0 Å². The number of aromatic amines is 1. The van der Waals surface area contributed by atoms with Crippen LogP contribution in [0.15, 0.2) is 66.1 Å². The Morgan fingerprint density at radius 3 is 2.72 bits per heavy atom. The Bertz CT molecular complexity index is 1230. The van der Waals surface area contributed by atoms with Crippen molar-refractivity contribution in [2.24, 2.45) is 0 Å². The highest BCUT2D eigenvalue weighted by atomic mass is 16.1. The van der Waals surface area contributed by atoms with Gasteiger partial charge in [0.25, 0.3) is 5.91 Å². The summed E-state index contributed by atoms with van der Waals surface area (Å²) in [5.74, 6) is 0.991. The zero-order chi connectivity index (χ0) is 20.0. The van der Waals surface area contributed by atoms with Gasteiger partial charge in [-0.1, -0.05) is 30.3 Å². The van der Waals surface area contributed by atoms with E-state index in [2.05, 4.69) is 25.7 Å². The van der Waals surface area contributed by atoms with Crippen LogP contribution in [0.1, 0.15) is 24.4 Å². The Labute approximate surface area is 166 Å². The molecule has 1 atom stereocenters. The molecule has 0 bridgehead atoms. The van der Waals surface area contributed by atoms with Crippen LogP contribution >= 0.6 is 0 Å². The normalized spacial score (nSPS) is 15.9. The first-order valence-corrected chi connectivity index (χ1v) is 9.31. The number of aryl methyl sites for hydroxylation is 1. The Hall–Kier alpha value is -3.94. The molecular formula is C21H19N7O. The summed E-state index contributed by atoms with van der Waals surface area (Å²) in [4.78, 5) is 25.7. The standard InChI is InChI=1S/C21H19N7O/c1-12-7-3-4-8-14(12)27-20(29)17-13(2)24-21-22-11-23-28(21)18(17)19-25-15-9-5-6-10-16(15)26-19/h3-11,18H,1-2H3,(H,25,26)(H,27,29)(H,22,23,24)/t18-/m0/s1. The summed E-state index contributed by atoms with van der Waals surface area (Å²) < 4.78 is 1.68. The van der Waals surface area contributed by atoms with Crippen molar-refractivity contribution in [2.45, 2.75) is 19.9 Å². The first kappa shape index (κ1) is 17.2. The Balaban J connectivity index is 1.61. The average Bonchev–Trinajstić information content (AvgIpc) is 3.34. The van der Waals surface area contributed by atoms with E-state index >= 15 is 0 Å². The van der Waals surface area contributed by atoms with Gasteiger partial charge in [0.05, 0.1) is 16.6 Å². The van der Waals surface area contributed by atoms with Crippen molar-refractivity contribution in [3.05, 3.63) is 77.5 Å². The summed E-state index contributed by atoms with van der Waals surface area (Å²) in [7, 11) is 0. The molecule has 2 aromatic heterocycles. The Morgan fingerprint density at radius 1 is 1.10 bits per heavy atom. The number of fused-ring (bicyclic) bond motifs is 2. The third kappa shape index (κ3) is 2.85. The number of carbonyl (C=O) groups is 1. The van der Waals surface area contributed by atoms with E-state index in [1.165, 1.54) is 6.33 Å². The zero-order valence-electron chi connectivity index (χ0n) is 16.0. The fraction of sp³-hybridized carbons (Fsp3) is 0.143. The highest BCUT2D eigenvalue weighted by Gasteiger charge is 2.35. The van der Waals surface area contributed by atoms with Gasteiger partial charge in [-0.25, -0.2) is 9.67 Å². The monoisotopic (exact) mass is 385 g/mol. The highest BCUT2D eigenvalue weighted by molar-refractivity contribution is 6.06. The van der Waals surface area contributed by atoms with Gasteiger partial charge in [0, 0.05) is 11.4 Å². The van der Waals surface area contributed by atoms with Gasteiger partial charge in [0.2, 0.25) is 5.95 Å². The predicted octanol–water partition coefficient (Wildman–Crippen LogP) is 3.39. The molecule has 8 nitrogen and oxygen atoms in total. The summed E-state index contributed by atoms with van der Waals surface area (Å²) in [6.45, 7) is 3.82. The Morgan fingerprint density at radius 2 is 1.90 bits per heavy atom. The van der Waals surface area contributed by atoms with Gasteiger partial charge in [-0.3, -0.25) is 4.79 Å².